The zero-order valence-electron chi connectivity index (χ0n) is 12.0. The van der Waals surface area contributed by atoms with E-state index in [-0.39, 0.29) is 6.04 Å². The molecule has 0 radical (unpaired) electrons. The lowest BCUT2D eigenvalue weighted by Crippen LogP contribution is -2.23. The number of hydrogen-bond acceptors (Lipinski definition) is 4. The lowest BCUT2D eigenvalue weighted by molar-refractivity contribution is 0.435. The van der Waals surface area contributed by atoms with Gasteiger partial charge in [0.05, 0.1) is 6.04 Å². The largest absolute Gasteiger partial charge is 0.459 e. The van der Waals surface area contributed by atoms with E-state index in [0.29, 0.717) is 0 Å². The van der Waals surface area contributed by atoms with Gasteiger partial charge in [-0.25, -0.2) is 0 Å². The Labute approximate surface area is 124 Å². The average molecular weight is 281 g/mol. The number of furan rings is 1. The van der Waals surface area contributed by atoms with Gasteiger partial charge in [-0.05, 0) is 36.7 Å². The van der Waals surface area contributed by atoms with Crippen LogP contribution in [0.25, 0.3) is 11.0 Å². The van der Waals surface area contributed by atoms with Crippen LogP contribution < -0.4 is 11.1 Å². The second-order valence-electron chi connectivity index (χ2n) is 5.08. The Hall–Kier alpha value is -2.33. The summed E-state index contributed by atoms with van der Waals surface area (Å²) in [5.74, 6) is 0.932. The molecule has 1 aromatic carbocycles. The average Bonchev–Trinajstić information content (AvgIpc) is 2.93. The predicted molar refractivity (Wildman–Crippen MR) is 85.0 cm³/mol. The topological polar surface area (TPSA) is 64.1 Å². The first-order valence-corrected chi connectivity index (χ1v) is 7.18. The Bertz CT molecular complexity index is 702. The van der Waals surface area contributed by atoms with E-state index in [2.05, 4.69) is 29.4 Å². The number of anilines is 1. The van der Waals surface area contributed by atoms with Gasteiger partial charge in [0, 0.05) is 23.5 Å². The van der Waals surface area contributed by atoms with Crippen molar-refractivity contribution in [2.24, 2.45) is 0 Å². The van der Waals surface area contributed by atoms with Crippen molar-refractivity contribution >= 4 is 16.7 Å². The van der Waals surface area contributed by atoms with Crippen LogP contribution in [0.3, 0.4) is 0 Å². The number of rotatable bonds is 5. The summed E-state index contributed by atoms with van der Waals surface area (Å²) in [4.78, 5) is 4.16. The van der Waals surface area contributed by atoms with E-state index in [9.17, 15) is 0 Å². The number of pyridine rings is 1. The molecule has 0 amide bonds. The zero-order valence-corrected chi connectivity index (χ0v) is 12.0. The fraction of sp³-hybridized carbons (Fsp3) is 0.235. The minimum Gasteiger partial charge on any atom is -0.459 e. The van der Waals surface area contributed by atoms with E-state index in [4.69, 9.17) is 10.2 Å². The van der Waals surface area contributed by atoms with Crippen molar-refractivity contribution in [3.63, 3.8) is 0 Å². The number of nitrogens with two attached hydrogens (primary N) is 1. The van der Waals surface area contributed by atoms with Crippen LogP contribution >= 0.6 is 0 Å². The highest BCUT2D eigenvalue weighted by molar-refractivity contribution is 5.77. The maximum absolute atomic E-state index is 6.02. The molecule has 0 saturated heterocycles. The van der Waals surface area contributed by atoms with Crippen molar-refractivity contribution < 1.29 is 4.42 Å². The molecule has 0 aliphatic carbocycles. The Kier molecular flexibility index (Phi) is 3.88. The van der Waals surface area contributed by atoms with Crippen LogP contribution in [-0.4, -0.2) is 11.5 Å². The Morgan fingerprint density at radius 2 is 2.14 bits per heavy atom. The summed E-state index contributed by atoms with van der Waals surface area (Å²) >= 11 is 0. The summed E-state index contributed by atoms with van der Waals surface area (Å²) in [5, 5.41) is 4.58. The van der Waals surface area contributed by atoms with Crippen LogP contribution in [0.1, 0.15) is 24.3 Å². The molecule has 0 saturated carbocycles. The summed E-state index contributed by atoms with van der Waals surface area (Å²) in [6.45, 7) is 2.95. The molecule has 0 bridgehead atoms. The molecule has 3 rings (SSSR count). The first kappa shape index (κ1) is 13.6. The van der Waals surface area contributed by atoms with Gasteiger partial charge >= 0.3 is 0 Å². The molecule has 0 aliphatic heterocycles. The number of likely N-dealkylation sites (N-methyl/N-ethyl adjacent to an activating group) is 1. The molecule has 1 atom stereocenters. The van der Waals surface area contributed by atoms with Crippen LogP contribution in [0, 0.1) is 0 Å². The number of nitrogens with zero attached hydrogens (tertiary/aromatic N) is 1. The van der Waals surface area contributed by atoms with Crippen molar-refractivity contribution in [3.8, 4) is 0 Å². The standard InChI is InChI=1S/C17H19N3O/c1-2-20-15(9-13-11-19-8-7-14(13)18)17-10-12-5-3-4-6-16(12)21-17/h3-8,10-11,15,20H,2,9H2,1H3,(H2,18,19). The summed E-state index contributed by atoms with van der Waals surface area (Å²) in [6.07, 6.45) is 4.29. The molecule has 4 nitrogen and oxygen atoms in total. The van der Waals surface area contributed by atoms with Crippen molar-refractivity contribution in [1.29, 1.82) is 0 Å². The Morgan fingerprint density at radius 3 is 2.90 bits per heavy atom. The highest BCUT2D eigenvalue weighted by Crippen LogP contribution is 2.27. The van der Waals surface area contributed by atoms with Gasteiger partial charge in [-0.3, -0.25) is 4.98 Å². The fourth-order valence-electron chi connectivity index (χ4n) is 2.52. The molecule has 3 N–H and O–H groups in total. The van der Waals surface area contributed by atoms with Gasteiger partial charge in [0.1, 0.15) is 11.3 Å². The molecule has 3 aromatic rings. The smallest absolute Gasteiger partial charge is 0.134 e. The highest BCUT2D eigenvalue weighted by atomic mass is 16.3. The minimum absolute atomic E-state index is 0.0916. The number of nitrogens with one attached hydrogen (secondary N) is 1. The normalized spacial score (nSPS) is 12.6. The number of nitrogen functional groups attached to an aromatic ring is 1. The number of benzene rings is 1. The second kappa shape index (κ2) is 5.97. The van der Waals surface area contributed by atoms with E-state index in [1.165, 1.54) is 0 Å². The van der Waals surface area contributed by atoms with E-state index >= 15 is 0 Å². The van der Waals surface area contributed by atoms with Crippen molar-refractivity contribution in [2.75, 3.05) is 12.3 Å². The molecule has 0 spiro atoms. The van der Waals surface area contributed by atoms with Crippen LogP contribution in [0.4, 0.5) is 5.69 Å². The van der Waals surface area contributed by atoms with Crippen molar-refractivity contribution in [3.05, 3.63) is 60.1 Å². The Balaban J connectivity index is 1.92. The molecule has 4 heteroatoms. The molecule has 2 aromatic heterocycles. The van der Waals surface area contributed by atoms with Crippen LogP contribution in [-0.2, 0) is 6.42 Å². The van der Waals surface area contributed by atoms with Crippen LogP contribution in [0.15, 0.2) is 53.2 Å². The summed E-state index contributed by atoms with van der Waals surface area (Å²) in [5.41, 5.74) is 8.73. The molecule has 21 heavy (non-hydrogen) atoms. The van der Waals surface area contributed by atoms with E-state index in [1.807, 2.05) is 30.5 Å². The summed E-state index contributed by atoms with van der Waals surface area (Å²) in [7, 11) is 0. The summed E-state index contributed by atoms with van der Waals surface area (Å²) < 4.78 is 5.97. The van der Waals surface area contributed by atoms with Gasteiger partial charge in [0.2, 0.25) is 0 Å². The van der Waals surface area contributed by atoms with Crippen LogP contribution in [0.5, 0.6) is 0 Å². The lowest BCUT2D eigenvalue weighted by atomic mass is 10.0. The molecule has 0 fully saturated rings. The van der Waals surface area contributed by atoms with Gasteiger partial charge < -0.3 is 15.5 Å². The lowest BCUT2D eigenvalue weighted by Gasteiger charge is -2.16. The molecular weight excluding hydrogens is 262 g/mol. The maximum Gasteiger partial charge on any atom is 0.134 e. The molecule has 108 valence electrons. The number of hydrogen-bond donors (Lipinski definition) is 2. The van der Waals surface area contributed by atoms with Gasteiger partial charge in [0.25, 0.3) is 0 Å². The zero-order chi connectivity index (χ0) is 14.7. The van der Waals surface area contributed by atoms with Gasteiger partial charge in [-0.15, -0.1) is 0 Å². The van der Waals surface area contributed by atoms with Gasteiger partial charge in [-0.1, -0.05) is 25.1 Å². The van der Waals surface area contributed by atoms with Gasteiger partial charge in [0.15, 0.2) is 0 Å². The van der Waals surface area contributed by atoms with E-state index in [0.717, 1.165) is 40.9 Å². The van der Waals surface area contributed by atoms with Gasteiger partial charge in [-0.2, -0.15) is 0 Å². The first-order chi connectivity index (χ1) is 10.3. The third-order valence-corrected chi connectivity index (χ3v) is 3.60. The molecule has 1 unspecified atom stereocenters. The third-order valence-electron chi connectivity index (χ3n) is 3.60. The van der Waals surface area contributed by atoms with E-state index in [1.54, 1.807) is 6.20 Å². The second-order valence-corrected chi connectivity index (χ2v) is 5.08. The highest BCUT2D eigenvalue weighted by Gasteiger charge is 2.17. The Morgan fingerprint density at radius 1 is 1.29 bits per heavy atom. The first-order valence-electron chi connectivity index (χ1n) is 7.18. The fourth-order valence-corrected chi connectivity index (χ4v) is 2.52. The van der Waals surface area contributed by atoms with Crippen molar-refractivity contribution in [1.82, 2.24) is 10.3 Å². The predicted octanol–water partition coefficient (Wildman–Crippen LogP) is 3.30. The van der Waals surface area contributed by atoms with Crippen molar-refractivity contribution in [2.45, 2.75) is 19.4 Å². The maximum atomic E-state index is 6.02. The minimum atomic E-state index is 0.0916. The molecular formula is C17H19N3O. The summed E-state index contributed by atoms with van der Waals surface area (Å²) in [6, 6.07) is 12.1. The molecule has 2 heterocycles. The van der Waals surface area contributed by atoms with E-state index < -0.39 is 0 Å². The SMILES string of the molecule is CCNC(Cc1cnccc1N)c1cc2ccccc2o1. The van der Waals surface area contributed by atoms with Crippen LogP contribution in [0.2, 0.25) is 0 Å². The monoisotopic (exact) mass is 281 g/mol. The number of fused-ring (bicyclic) bond motifs is 1. The quantitative estimate of drug-likeness (QED) is 0.753. The molecule has 0 aliphatic rings. The number of para-hydroxylation sites is 1. The third kappa shape index (κ3) is 2.90. The number of aromatic nitrogens is 1.